The van der Waals surface area contributed by atoms with E-state index in [1.807, 2.05) is 12.4 Å². The molecular weight excluding hydrogens is 264 g/mol. The standard InChI is InChI=1S/C16H28N4O/c1-4-14-9-17-16(18-10-14)20-7-6-19(11-13(2)3)15(12-20)5-8-21/h9-10,13,15,21H,4-8,11-12H2,1-3H3/t15-/m0/s1. The summed E-state index contributed by atoms with van der Waals surface area (Å²) in [7, 11) is 0. The quantitative estimate of drug-likeness (QED) is 0.862. The van der Waals surface area contributed by atoms with E-state index in [-0.39, 0.29) is 6.61 Å². The molecule has 2 rings (SSSR count). The van der Waals surface area contributed by atoms with Crippen LogP contribution in [-0.2, 0) is 6.42 Å². The summed E-state index contributed by atoms with van der Waals surface area (Å²) in [5.74, 6) is 1.47. The Labute approximate surface area is 128 Å². The summed E-state index contributed by atoms with van der Waals surface area (Å²) in [6.45, 7) is 10.8. The summed E-state index contributed by atoms with van der Waals surface area (Å²) in [5.41, 5.74) is 1.17. The van der Waals surface area contributed by atoms with Crippen molar-refractivity contribution in [1.29, 1.82) is 0 Å². The van der Waals surface area contributed by atoms with Gasteiger partial charge in [0, 0.05) is 51.2 Å². The Hall–Kier alpha value is -1.20. The van der Waals surface area contributed by atoms with Crippen LogP contribution in [0.25, 0.3) is 0 Å². The predicted molar refractivity (Wildman–Crippen MR) is 85.5 cm³/mol. The van der Waals surface area contributed by atoms with Crippen LogP contribution in [0.3, 0.4) is 0 Å². The highest BCUT2D eigenvalue weighted by Crippen LogP contribution is 2.18. The summed E-state index contributed by atoms with van der Waals surface area (Å²) in [6.07, 6.45) is 5.62. The van der Waals surface area contributed by atoms with Gasteiger partial charge in [-0.25, -0.2) is 9.97 Å². The first-order valence-electron chi connectivity index (χ1n) is 8.04. The van der Waals surface area contributed by atoms with Crippen LogP contribution in [0.4, 0.5) is 5.95 Å². The van der Waals surface area contributed by atoms with Crippen LogP contribution in [0.1, 0.15) is 32.8 Å². The van der Waals surface area contributed by atoms with Gasteiger partial charge in [-0.15, -0.1) is 0 Å². The second kappa shape index (κ2) is 7.71. The maximum Gasteiger partial charge on any atom is 0.225 e. The third kappa shape index (κ3) is 4.38. The topological polar surface area (TPSA) is 52.5 Å². The number of piperazine rings is 1. The highest BCUT2D eigenvalue weighted by Gasteiger charge is 2.28. The van der Waals surface area contributed by atoms with Crippen LogP contribution in [0.5, 0.6) is 0 Å². The maximum absolute atomic E-state index is 9.32. The van der Waals surface area contributed by atoms with Gasteiger partial charge in [0.25, 0.3) is 0 Å². The van der Waals surface area contributed by atoms with Crippen molar-refractivity contribution >= 4 is 5.95 Å². The Morgan fingerprint density at radius 3 is 2.57 bits per heavy atom. The zero-order valence-electron chi connectivity index (χ0n) is 13.5. The van der Waals surface area contributed by atoms with Crippen molar-refractivity contribution in [3.05, 3.63) is 18.0 Å². The van der Waals surface area contributed by atoms with Gasteiger partial charge in [-0.1, -0.05) is 20.8 Å². The predicted octanol–water partition coefficient (Wildman–Crippen LogP) is 1.57. The Balaban J connectivity index is 2.03. The Morgan fingerprint density at radius 2 is 2.00 bits per heavy atom. The van der Waals surface area contributed by atoms with E-state index >= 15 is 0 Å². The van der Waals surface area contributed by atoms with Crippen molar-refractivity contribution in [3.8, 4) is 0 Å². The van der Waals surface area contributed by atoms with Gasteiger partial charge in [0.05, 0.1) is 0 Å². The van der Waals surface area contributed by atoms with Crippen molar-refractivity contribution in [1.82, 2.24) is 14.9 Å². The van der Waals surface area contributed by atoms with Crippen molar-refractivity contribution in [3.63, 3.8) is 0 Å². The molecule has 0 saturated carbocycles. The number of anilines is 1. The lowest BCUT2D eigenvalue weighted by Gasteiger charge is -2.42. The van der Waals surface area contributed by atoms with E-state index in [2.05, 4.69) is 40.5 Å². The molecule has 0 aliphatic carbocycles. The van der Waals surface area contributed by atoms with Gasteiger partial charge >= 0.3 is 0 Å². The number of hydrogen-bond donors (Lipinski definition) is 1. The molecule has 0 amide bonds. The Kier molecular flexibility index (Phi) is 5.94. The normalized spacial score (nSPS) is 20.2. The molecule has 0 spiro atoms. The summed E-state index contributed by atoms with van der Waals surface area (Å²) in [6, 6.07) is 0.389. The van der Waals surface area contributed by atoms with E-state index < -0.39 is 0 Å². The fraction of sp³-hybridized carbons (Fsp3) is 0.750. The van der Waals surface area contributed by atoms with E-state index in [1.54, 1.807) is 0 Å². The average molecular weight is 292 g/mol. The number of aliphatic hydroxyl groups excluding tert-OH is 1. The van der Waals surface area contributed by atoms with Crippen LogP contribution >= 0.6 is 0 Å². The number of aliphatic hydroxyl groups is 1. The largest absolute Gasteiger partial charge is 0.396 e. The molecule has 1 aliphatic rings. The molecule has 1 saturated heterocycles. The lowest BCUT2D eigenvalue weighted by Crippen LogP contribution is -2.54. The SMILES string of the molecule is CCc1cnc(N2CCN(CC(C)C)[C@@H](CCO)C2)nc1. The van der Waals surface area contributed by atoms with Gasteiger partial charge in [0.15, 0.2) is 0 Å². The Morgan fingerprint density at radius 1 is 1.29 bits per heavy atom. The Bertz CT molecular complexity index is 421. The minimum absolute atomic E-state index is 0.239. The molecule has 0 bridgehead atoms. The highest BCUT2D eigenvalue weighted by atomic mass is 16.3. The van der Waals surface area contributed by atoms with E-state index in [9.17, 15) is 5.11 Å². The van der Waals surface area contributed by atoms with Gasteiger partial charge in [-0.3, -0.25) is 4.90 Å². The number of aromatic nitrogens is 2. The fourth-order valence-corrected chi connectivity index (χ4v) is 2.90. The van der Waals surface area contributed by atoms with Crippen molar-refractivity contribution in [2.24, 2.45) is 5.92 Å². The molecule has 1 atom stereocenters. The van der Waals surface area contributed by atoms with Crippen LogP contribution in [0.15, 0.2) is 12.4 Å². The van der Waals surface area contributed by atoms with Crippen LogP contribution < -0.4 is 4.90 Å². The van der Waals surface area contributed by atoms with Gasteiger partial charge in [-0.05, 0) is 24.3 Å². The molecule has 1 aromatic heterocycles. The summed E-state index contributed by atoms with van der Waals surface area (Å²) in [5, 5.41) is 9.32. The van der Waals surface area contributed by atoms with Crippen molar-refractivity contribution in [2.45, 2.75) is 39.7 Å². The van der Waals surface area contributed by atoms with Gasteiger partial charge in [0.2, 0.25) is 5.95 Å². The van der Waals surface area contributed by atoms with E-state index in [0.29, 0.717) is 12.0 Å². The zero-order chi connectivity index (χ0) is 15.2. The second-order valence-electron chi connectivity index (χ2n) is 6.25. The summed E-state index contributed by atoms with van der Waals surface area (Å²) >= 11 is 0. The maximum atomic E-state index is 9.32. The first-order valence-corrected chi connectivity index (χ1v) is 8.04. The molecule has 1 aliphatic heterocycles. The molecule has 1 N–H and O–H groups in total. The van der Waals surface area contributed by atoms with Gasteiger partial charge in [-0.2, -0.15) is 0 Å². The molecule has 0 radical (unpaired) electrons. The molecule has 118 valence electrons. The molecule has 1 fully saturated rings. The average Bonchev–Trinajstić information content (AvgIpc) is 2.49. The molecule has 0 unspecified atom stereocenters. The van der Waals surface area contributed by atoms with Crippen molar-refractivity contribution < 1.29 is 5.11 Å². The third-order valence-electron chi connectivity index (χ3n) is 4.05. The zero-order valence-corrected chi connectivity index (χ0v) is 13.5. The first-order chi connectivity index (χ1) is 10.1. The number of hydrogen-bond acceptors (Lipinski definition) is 5. The fourth-order valence-electron chi connectivity index (χ4n) is 2.90. The summed E-state index contributed by atoms with van der Waals surface area (Å²) in [4.78, 5) is 13.7. The molecule has 5 heteroatoms. The molecule has 1 aromatic rings. The van der Waals surface area contributed by atoms with Crippen LogP contribution in [0.2, 0.25) is 0 Å². The van der Waals surface area contributed by atoms with Crippen LogP contribution in [-0.4, -0.2) is 58.8 Å². The number of nitrogens with zero attached hydrogens (tertiary/aromatic N) is 4. The van der Waals surface area contributed by atoms with Gasteiger partial charge in [0.1, 0.15) is 0 Å². The number of aryl methyl sites for hydroxylation is 1. The highest BCUT2D eigenvalue weighted by molar-refractivity contribution is 5.31. The van der Waals surface area contributed by atoms with E-state index in [1.165, 1.54) is 5.56 Å². The van der Waals surface area contributed by atoms with Gasteiger partial charge < -0.3 is 10.0 Å². The molecular formula is C16H28N4O. The smallest absolute Gasteiger partial charge is 0.225 e. The van der Waals surface area contributed by atoms with E-state index in [0.717, 1.165) is 45.0 Å². The molecule has 5 nitrogen and oxygen atoms in total. The molecule has 21 heavy (non-hydrogen) atoms. The second-order valence-corrected chi connectivity index (χ2v) is 6.25. The van der Waals surface area contributed by atoms with Crippen LogP contribution in [0, 0.1) is 5.92 Å². The summed E-state index contributed by atoms with van der Waals surface area (Å²) < 4.78 is 0. The van der Waals surface area contributed by atoms with E-state index in [4.69, 9.17) is 0 Å². The van der Waals surface area contributed by atoms with Crippen molar-refractivity contribution in [2.75, 3.05) is 37.7 Å². The molecule has 2 heterocycles. The lowest BCUT2D eigenvalue weighted by atomic mass is 10.1. The minimum atomic E-state index is 0.239. The lowest BCUT2D eigenvalue weighted by molar-refractivity contribution is 0.128. The number of rotatable bonds is 6. The monoisotopic (exact) mass is 292 g/mol. The minimum Gasteiger partial charge on any atom is -0.396 e. The third-order valence-corrected chi connectivity index (χ3v) is 4.05. The molecule has 0 aromatic carbocycles. The first kappa shape index (κ1) is 16.2.